The lowest BCUT2D eigenvalue weighted by Gasteiger charge is -2.13. The molecule has 0 aliphatic carbocycles. The van der Waals surface area contributed by atoms with Crippen LogP contribution in [0.3, 0.4) is 0 Å². The van der Waals surface area contributed by atoms with Crippen LogP contribution in [0.1, 0.15) is 17.2 Å². The van der Waals surface area contributed by atoms with E-state index in [0.29, 0.717) is 11.4 Å². The molecule has 1 heterocycles. The van der Waals surface area contributed by atoms with Crippen molar-refractivity contribution in [2.75, 3.05) is 6.61 Å². The molecule has 0 saturated carbocycles. The molecule has 5 heteroatoms. The van der Waals surface area contributed by atoms with Crippen molar-refractivity contribution in [2.45, 2.75) is 12.3 Å². The summed E-state index contributed by atoms with van der Waals surface area (Å²) in [6, 6.07) is 7.54. The van der Waals surface area contributed by atoms with Gasteiger partial charge in [-0.25, -0.2) is 0 Å². The second-order valence-corrected chi connectivity index (χ2v) is 4.46. The topological polar surface area (TPSA) is 50.9 Å². The molecule has 0 spiro atoms. The van der Waals surface area contributed by atoms with E-state index in [2.05, 4.69) is 10.3 Å². The zero-order valence-electron chi connectivity index (χ0n) is 9.55. The zero-order valence-corrected chi connectivity index (χ0v) is 10.3. The maximum atomic E-state index is 9.44. The zero-order chi connectivity index (χ0) is 12.3. The van der Waals surface area contributed by atoms with Gasteiger partial charge in [0.15, 0.2) is 0 Å². The highest BCUT2D eigenvalue weighted by Gasteiger charge is 2.13. The maximum Gasteiger partial charge on any atom is 0.0833 e. The second-order valence-electron chi connectivity index (χ2n) is 4.02. The molecule has 2 aromatic rings. The van der Waals surface area contributed by atoms with Gasteiger partial charge in [0.05, 0.1) is 12.3 Å². The van der Waals surface area contributed by atoms with E-state index in [-0.39, 0.29) is 12.5 Å². The lowest BCUT2D eigenvalue weighted by atomic mass is 9.95. The Hall–Kier alpha value is -1.39. The molecule has 90 valence electrons. The van der Waals surface area contributed by atoms with E-state index in [4.69, 9.17) is 11.6 Å². The first-order chi connectivity index (χ1) is 8.19. The van der Waals surface area contributed by atoms with Gasteiger partial charge in [0.2, 0.25) is 0 Å². The first-order valence-electron chi connectivity index (χ1n) is 5.40. The molecule has 1 aromatic heterocycles. The van der Waals surface area contributed by atoms with Crippen LogP contribution in [0.5, 0.6) is 0 Å². The minimum absolute atomic E-state index is 0.00500. The summed E-state index contributed by atoms with van der Waals surface area (Å²) in [7, 11) is 1.82. The third kappa shape index (κ3) is 3.05. The minimum atomic E-state index is 0.00500. The quantitative estimate of drug-likeness (QED) is 0.901. The first kappa shape index (κ1) is 12.1. The molecule has 17 heavy (non-hydrogen) atoms. The monoisotopic (exact) mass is 251 g/mol. The van der Waals surface area contributed by atoms with Crippen LogP contribution in [0.15, 0.2) is 30.5 Å². The number of aromatic nitrogens is 3. The summed E-state index contributed by atoms with van der Waals surface area (Å²) in [6.45, 7) is 0.0664. The molecule has 0 aliphatic rings. The van der Waals surface area contributed by atoms with E-state index < -0.39 is 0 Å². The molecule has 0 aliphatic heterocycles. The predicted octanol–water partition coefficient (Wildman–Crippen LogP) is 1.79. The van der Waals surface area contributed by atoms with Gasteiger partial charge < -0.3 is 5.11 Å². The van der Waals surface area contributed by atoms with E-state index in [1.807, 2.05) is 37.5 Å². The summed E-state index contributed by atoms with van der Waals surface area (Å²) in [4.78, 5) is 0. The summed E-state index contributed by atoms with van der Waals surface area (Å²) in [5.74, 6) is 0.00500. The summed E-state index contributed by atoms with van der Waals surface area (Å²) < 4.78 is 1.65. The number of benzene rings is 1. The summed E-state index contributed by atoms with van der Waals surface area (Å²) in [5, 5.41) is 18.0. The van der Waals surface area contributed by atoms with Crippen molar-refractivity contribution in [1.82, 2.24) is 15.0 Å². The smallest absolute Gasteiger partial charge is 0.0833 e. The highest BCUT2D eigenvalue weighted by atomic mass is 35.5. The average Bonchev–Trinajstić information content (AvgIpc) is 2.72. The molecule has 2 rings (SSSR count). The van der Waals surface area contributed by atoms with Crippen LogP contribution in [0, 0.1) is 0 Å². The Bertz CT molecular complexity index is 498. The first-order valence-corrected chi connectivity index (χ1v) is 5.78. The van der Waals surface area contributed by atoms with Crippen LogP contribution in [0.2, 0.25) is 5.02 Å². The predicted molar refractivity (Wildman–Crippen MR) is 66.0 cm³/mol. The molecule has 0 fully saturated rings. The molecule has 1 atom stereocenters. The molecule has 1 unspecified atom stereocenters. The Balaban J connectivity index is 2.16. The van der Waals surface area contributed by atoms with Gasteiger partial charge in [0.25, 0.3) is 0 Å². The third-order valence-corrected chi connectivity index (χ3v) is 2.88. The van der Waals surface area contributed by atoms with Crippen molar-refractivity contribution in [3.63, 3.8) is 0 Å². The van der Waals surface area contributed by atoms with Crippen LogP contribution < -0.4 is 0 Å². The summed E-state index contributed by atoms with van der Waals surface area (Å²) >= 11 is 5.94. The van der Waals surface area contributed by atoms with E-state index in [1.165, 1.54) is 0 Å². The number of aliphatic hydroxyl groups excluding tert-OH is 1. The number of hydrogen-bond donors (Lipinski definition) is 1. The standard InChI is InChI=1S/C12H14ClN3O/c1-16-7-12(14-15-16)6-10(8-17)9-3-2-4-11(13)5-9/h2-5,7,10,17H,6,8H2,1H3. The largest absolute Gasteiger partial charge is 0.396 e. The van der Waals surface area contributed by atoms with E-state index >= 15 is 0 Å². The van der Waals surface area contributed by atoms with Crippen LogP contribution in [0.25, 0.3) is 0 Å². The number of aryl methyl sites for hydroxylation is 1. The van der Waals surface area contributed by atoms with Crippen LogP contribution in [-0.2, 0) is 13.5 Å². The number of aliphatic hydroxyl groups is 1. The summed E-state index contributed by atoms with van der Waals surface area (Å²) in [5.41, 5.74) is 1.89. The van der Waals surface area contributed by atoms with Gasteiger partial charge in [-0.1, -0.05) is 28.9 Å². The summed E-state index contributed by atoms with van der Waals surface area (Å²) in [6.07, 6.45) is 2.51. The number of hydrogen-bond acceptors (Lipinski definition) is 3. The van der Waals surface area contributed by atoms with Crippen LogP contribution >= 0.6 is 11.6 Å². The van der Waals surface area contributed by atoms with Gasteiger partial charge in [0, 0.05) is 30.6 Å². The van der Waals surface area contributed by atoms with E-state index in [0.717, 1.165) is 11.3 Å². The Kier molecular flexibility index (Phi) is 3.76. The fraction of sp³-hybridized carbons (Fsp3) is 0.333. The normalized spacial score (nSPS) is 12.6. The Morgan fingerprint density at radius 2 is 2.29 bits per heavy atom. The highest BCUT2D eigenvalue weighted by Crippen LogP contribution is 2.22. The third-order valence-electron chi connectivity index (χ3n) is 2.65. The fourth-order valence-electron chi connectivity index (χ4n) is 1.79. The lowest BCUT2D eigenvalue weighted by Crippen LogP contribution is -2.08. The average molecular weight is 252 g/mol. The molecule has 1 aromatic carbocycles. The van der Waals surface area contributed by atoms with E-state index in [1.54, 1.807) is 4.68 Å². The Morgan fingerprint density at radius 3 is 2.88 bits per heavy atom. The van der Waals surface area contributed by atoms with Gasteiger partial charge in [-0.15, -0.1) is 5.10 Å². The number of halogens is 1. The van der Waals surface area contributed by atoms with Gasteiger partial charge in [-0.2, -0.15) is 0 Å². The van der Waals surface area contributed by atoms with Crippen LogP contribution in [-0.4, -0.2) is 26.7 Å². The number of nitrogens with zero attached hydrogens (tertiary/aromatic N) is 3. The SMILES string of the molecule is Cn1cc(CC(CO)c2cccc(Cl)c2)nn1. The molecular formula is C12H14ClN3O. The molecule has 0 bridgehead atoms. The van der Waals surface area contributed by atoms with Crippen LogP contribution in [0.4, 0.5) is 0 Å². The van der Waals surface area contributed by atoms with Crippen molar-refractivity contribution >= 4 is 11.6 Å². The molecular weight excluding hydrogens is 238 g/mol. The van der Waals surface area contributed by atoms with Crippen molar-refractivity contribution in [3.8, 4) is 0 Å². The van der Waals surface area contributed by atoms with Gasteiger partial charge in [-0.05, 0) is 17.7 Å². The molecule has 4 nitrogen and oxygen atoms in total. The Labute approximate surface area is 105 Å². The van der Waals surface area contributed by atoms with Gasteiger partial charge in [-0.3, -0.25) is 4.68 Å². The maximum absolute atomic E-state index is 9.44. The Morgan fingerprint density at radius 1 is 1.47 bits per heavy atom. The molecule has 1 N–H and O–H groups in total. The van der Waals surface area contributed by atoms with Gasteiger partial charge in [0.1, 0.15) is 0 Å². The molecule has 0 radical (unpaired) electrons. The van der Waals surface area contributed by atoms with E-state index in [9.17, 15) is 5.11 Å². The fourth-order valence-corrected chi connectivity index (χ4v) is 1.99. The van der Waals surface area contributed by atoms with Crippen molar-refractivity contribution in [3.05, 3.63) is 46.7 Å². The highest BCUT2D eigenvalue weighted by molar-refractivity contribution is 6.30. The number of rotatable bonds is 4. The molecule has 0 saturated heterocycles. The molecule has 0 amide bonds. The van der Waals surface area contributed by atoms with Crippen molar-refractivity contribution in [1.29, 1.82) is 0 Å². The van der Waals surface area contributed by atoms with Crippen molar-refractivity contribution in [2.24, 2.45) is 7.05 Å². The lowest BCUT2D eigenvalue weighted by molar-refractivity contribution is 0.264. The van der Waals surface area contributed by atoms with Crippen molar-refractivity contribution < 1.29 is 5.11 Å². The minimum Gasteiger partial charge on any atom is -0.396 e. The second kappa shape index (κ2) is 5.29. The van der Waals surface area contributed by atoms with Gasteiger partial charge >= 0.3 is 0 Å².